The molecule has 16 heavy (non-hydrogen) atoms. The summed E-state index contributed by atoms with van der Waals surface area (Å²) in [5, 5.41) is 2.08. The van der Waals surface area contributed by atoms with Crippen LogP contribution in [0.25, 0.3) is 0 Å². The van der Waals surface area contributed by atoms with Crippen LogP contribution in [0.4, 0.5) is 5.69 Å². The fourth-order valence-corrected chi connectivity index (χ4v) is 2.21. The second-order valence-electron chi connectivity index (χ2n) is 3.72. The average Bonchev–Trinajstić information content (AvgIpc) is 2.74. The van der Waals surface area contributed by atoms with Gasteiger partial charge in [-0.3, -0.25) is 0 Å². The van der Waals surface area contributed by atoms with Gasteiger partial charge >= 0.3 is 0 Å². The predicted octanol–water partition coefficient (Wildman–Crippen LogP) is 3.26. The molecule has 0 bridgehead atoms. The van der Waals surface area contributed by atoms with Gasteiger partial charge in [0.15, 0.2) is 0 Å². The first kappa shape index (κ1) is 11.0. The van der Waals surface area contributed by atoms with Crippen LogP contribution in [0.15, 0.2) is 35.7 Å². The first-order valence-corrected chi connectivity index (χ1v) is 6.15. The van der Waals surface area contributed by atoms with E-state index in [4.69, 9.17) is 10.5 Å². The first-order valence-electron chi connectivity index (χ1n) is 5.27. The quantitative estimate of drug-likeness (QED) is 0.823. The van der Waals surface area contributed by atoms with E-state index in [1.165, 1.54) is 4.88 Å². The van der Waals surface area contributed by atoms with Crippen molar-refractivity contribution in [1.82, 2.24) is 0 Å². The molecule has 1 heterocycles. The number of hydrogen-bond donors (Lipinski definition) is 1. The Balaban J connectivity index is 1.90. The van der Waals surface area contributed by atoms with E-state index in [9.17, 15) is 0 Å². The van der Waals surface area contributed by atoms with Gasteiger partial charge in [-0.15, -0.1) is 11.3 Å². The predicted molar refractivity (Wildman–Crippen MR) is 69.1 cm³/mol. The lowest BCUT2D eigenvalue weighted by Crippen LogP contribution is -2.02. The number of hydrogen-bond acceptors (Lipinski definition) is 3. The van der Waals surface area contributed by atoms with Gasteiger partial charge in [0.05, 0.1) is 12.3 Å². The van der Waals surface area contributed by atoms with Crippen molar-refractivity contribution < 1.29 is 4.74 Å². The van der Waals surface area contributed by atoms with Crippen molar-refractivity contribution in [2.45, 2.75) is 13.3 Å². The van der Waals surface area contributed by atoms with Crippen molar-refractivity contribution in [3.05, 3.63) is 46.2 Å². The Kier molecular flexibility index (Phi) is 3.47. The second kappa shape index (κ2) is 5.03. The van der Waals surface area contributed by atoms with Crippen LogP contribution in [-0.2, 0) is 6.42 Å². The highest BCUT2D eigenvalue weighted by atomic mass is 32.1. The highest BCUT2D eigenvalue weighted by molar-refractivity contribution is 7.09. The number of aryl methyl sites for hydroxylation is 1. The minimum absolute atomic E-state index is 0.674. The minimum atomic E-state index is 0.674. The molecule has 0 radical (unpaired) electrons. The van der Waals surface area contributed by atoms with E-state index in [-0.39, 0.29) is 0 Å². The van der Waals surface area contributed by atoms with E-state index in [1.807, 2.05) is 25.1 Å². The van der Waals surface area contributed by atoms with Crippen LogP contribution in [0.5, 0.6) is 5.75 Å². The molecule has 1 aromatic carbocycles. The summed E-state index contributed by atoms with van der Waals surface area (Å²) < 4.78 is 5.65. The smallest absolute Gasteiger partial charge is 0.142 e. The van der Waals surface area contributed by atoms with Crippen molar-refractivity contribution in [3.8, 4) is 5.75 Å². The van der Waals surface area contributed by atoms with Crippen LogP contribution in [0, 0.1) is 6.92 Å². The van der Waals surface area contributed by atoms with Gasteiger partial charge in [-0.05, 0) is 36.1 Å². The van der Waals surface area contributed by atoms with Gasteiger partial charge in [0.1, 0.15) is 5.75 Å². The maximum absolute atomic E-state index is 5.86. The molecule has 1 aromatic heterocycles. The number of rotatable bonds is 4. The van der Waals surface area contributed by atoms with Gasteiger partial charge in [0, 0.05) is 11.3 Å². The van der Waals surface area contributed by atoms with Crippen molar-refractivity contribution in [2.75, 3.05) is 12.3 Å². The van der Waals surface area contributed by atoms with Crippen LogP contribution in [-0.4, -0.2) is 6.61 Å². The molecule has 84 valence electrons. The summed E-state index contributed by atoms with van der Waals surface area (Å²) >= 11 is 1.75. The van der Waals surface area contributed by atoms with E-state index in [1.54, 1.807) is 11.3 Å². The van der Waals surface area contributed by atoms with Gasteiger partial charge < -0.3 is 10.5 Å². The van der Waals surface area contributed by atoms with Gasteiger partial charge in [0.25, 0.3) is 0 Å². The molecule has 2 rings (SSSR count). The third kappa shape index (κ3) is 2.76. The molecule has 0 saturated carbocycles. The SMILES string of the molecule is Cc1ccc(OCCc2cccs2)c(N)c1. The molecule has 0 fully saturated rings. The third-order valence-electron chi connectivity index (χ3n) is 2.35. The molecule has 0 saturated heterocycles. The van der Waals surface area contributed by atoms with E-state index in [0.717, 1.165) is 17.7 Å². The van der Waals surface area contributed by atoms with Crippen molar-refractivity contribution in [3.63, 3.8) is 0 Å². The minimum Gasteiger partial charge on any atom is -0.491 e. The zero-order chi connectivity index (χ0) is 11.4. The summed E-state index contributed by atoms with van der Waals surface area (Å²) in [5.41, 5.74) is 7.73. The third-order valence-corrected chi connectivity index (χ3v) is 3.29. The number of nitrogens with two attached hydrogens (primary N) is 1. The molecule has 0 amide bonds. The van der Waals surface area contributed by atoms with Crippen LogP contribution in [0.2, 0.25) is 0 Å². The van der Waals surface area contributed by atoms with Crippen LogP contribution in [0.3, 0.4) is 0 Å². The average molecular weight is 233 g/mol. The topological polar surface area (TPSA) is 35.2 Å². The van der Waals surface area contributed by atoms with Gasteiger partial charge in [-0.25, -0.2) is 0 Å². The van der Waals surface area contributed by atoms with Crippen LogP contribution >= 0.6 is 11.3 Å². The lowest BCUT2D eigenvalue weighted by atomic mass is 10.2. The molecular formula is C13H15NOS. The molecule has 2 aromatic rings. The summed E-state index contributed by atoms with van der Waals surface area (Å²) in [4.78, 5) is 1.34. The molecule has 0 aliphatic heterocycles. The molecule has 0 unspecified atom stereocenters. The van der Waals surface area contributed by atoms with E-state index in [2.05, 4.69) is 17.5 Å². The Morgan fingerprint density at radius 3 is 2.88 bits per heavy atom. The number of benzene rings is 1. The zero-order valence-corrected chi connectivity index (χ0v) is 10.1. The highest BCUT2D eigenvalue weighted by Gasteiger charge is 2.00. The van der Waals surface area contributed by atoms with Crippen molar-refractivity contribution >= 4 is 17.0 Å². The Hall–Kier alpha value is -1.48. The number of nitrogen functional groups attached to an aromatic ring is 1. The van der Waals surface area contributed by atoms with E-state index < -0.39 is 0 Å². The fourth-order valence-electron chi connectivity index (χ4n) is 1.52. The summed E-state index contributed by atoms with van der Waals surface area (Å²) in [6.07, 6.45) is 0.935. The molecule has 3 heteroatoms. The molecule has 0 spiro atoms. The van der Waals surface area contributed by atoms with Gasteiger partial charge in [-0.1, -0.05) is 12.1 Å². The Labute approximate surface area is 99.7 Å². The molecule has 2 N–H and O–H groups in total. The van der Waals surface area contributed by atoms with Gasteiger partial charge in [0.2, 0.25) is 0 Å². The fraction of sp³-hybridized carbons (Fsp3) is 0.231. The number of ether oxygens (including phenoxy) is 1. The maximum Gasteiger partial charge on any atom is 0.142 e. The largest absolute Gasteiger partial charge is 0.491 e. The summed E-state index contributed by atoms with van der Waals surface area (Å²) in [5.74, 6) is 0.780. The molecular weight excluding hydrogens is 218 g/mol. The lowest BCUT2D eigenvalue weighted by molar-refractivity contribution is 0.324. The Morgan fingerprint density at radius 2 is 2.19 bits per heavy atom. The maximum atomic E-state index is 5.86. The molecule has 2 nitrogen and oxygen atoms in total. The lowest BCUT2D eigenvalue weighted by Gasteiger charge is -2.08. The van der Waals surface area contributed by atoms with E-state index in [0.29, 0.717) is 12.3 Å². The molecule has 0 aliphatic carbocycles. The molecule has 0 atom stereocenters. The standard InChI is InChI=1S/C13H15NOS/c1-10-4-5-13(12(14)9-10)15-7-6-11-3-2-8-16-11/h2-5,8-9H,6-7,14H2,1H3. The monoisotopic (exact) mass is 233 g/mol. The van der Waals surface area contributed by atoms with E-state index >= 15 is 0 Å². The van der Waals surface area contributed by atoms with Crippen LogP contribution in [0.1, 0.15) is 10.4 Å². The summed E-state index contributed by atoms with van der Waals surface area (Å²) in [6, 6.07) is 10.0. The summed E-state index contributed by atoms with van der Waals surface area (Å²) in [6.45, 7) is 2.69. The van der Waals surface area contributed by atoms with Gasteiger partial charge in [-0.2, -0.15) is 0 Å². The highest BCUT2D eigenvalue weighted by Crippen LogP contribution is 2.22. The number of thiophene rings is 1. The Bertz CT molecular complexity index is 451. The normalized spacial score (nSPS) is 10.3. The van der Waals surface area contributed by atoms with Crippen molar-refractivity contribution in [1.29, 1.82) is 0 Å². The summed E-state index contributed by atoms with van der Waals surface area (Å²) in [7, 11) is 0. The second-order valence-corrected chi connectivity index (χ2v) is 4.75. The zero-order valence-electron chi connectivity index (χ0n) is 9.27. The number of anilines is 1. The van der Waals surface area contributed by atoms with Crippen LogP contribution < -0.4 is 10.5 Å². The Morgan fingerprint density at radius 1 is 1.31 bits per heavy atom. The van der Waals surface area contributed by atoms with Crippen molar-refractivity contribution in [2.24, 2.45) is 0 Å². The molecule has 0 aliphatic rings. The first-order chi connectivity index (χ1) is 7.75.